The molecule has 0 bridgehead atoms. The Bertz CT molecular complexity index is 999. The molecular weight excluding hydrogens is 344 g/mol. The molecule has 1 heterocycles. The molecule has 0 atom stereocenters. The lowest BCUT2D eigenvalue weighted by Crippen LogP contribution is -2.21. The Morgan fingerprint density at radius 1 is 1.00 bits per heavy atom. The van der Waals surface area contributed by atoms with E-state index in [9.17, 15) is 14.7 Å². The SMILES string of the molecule is COC(=O)C1(c2ccc(-c3ccc(-n4nccc4C(=O)O)cc3)cc2)CC1. The van der Waals surface area contributed by atoms with Crippen LogP contribution in [-0.4, -0.2) is 33.9 Å². The average Bonchev–Trinajstić information content (AvgIpc) is 3.36. The van der Waals surface area contributed by atoms with Crippen molar-refractivity contribution in [1.82, 2.24) is 9.78 Å². The van der Waals surface area contributed by atoms with Crippen LogP contribution in [0.2, 0.25) is 0 Å². The van der Waals surface area contributed by atoms with Crippen molar-refractivity contribution in [3.63, 3.8) is 0 Å². The summed E-state index contributed by atoms with van der Waals surface area (Å²) in [5.41, 5.74) is 3.33. The molecule has 1 N–H and O–H groups in total. The Labute approximate surface area is 156 Å². The Balaban J connectivity index is 1.59. The summed E-state index contributed by atoms with van der Waals surface area (Å²) in [6.45, 7) is 0. The van der Waals surface area contributed by atoms with Gasteiger partial charge in [0.25, 0.3) is 0 Å². The van der Waals surface area contributed by atoms with Gasteiger partial charge < -0.3 is 9.84 Å². The highest BCUT2D eigenvalue weighted by molar-refractivity contribution is 5.87. The van der Waals surface area contributed by atoms with Crippen LogP contribution >= 0.6 is 0 Å². The van der Waals surface area contributed by atoms with Crippen molar-refractivity contribution >= 4 is 11.9 Å². The fourth-order valence-electron chi connectivity index (χ4n) is 3.38. The first-order chi connectivity index (χ1) is 13.0. The molecule has 4 rings (SSSR count). The number of carbonyl (C=O) groups excluding carboxylic acids is 1. The number of nitrogens with zero attached hydrogens (tertiary/aromatic N) is 2. The van der Waals surface area contributed by atoms with E-state index in [-0.39, 0.29) is 11.7 Å². The molecule has 0 saturated heterocycles. The van der Waals surface area contributed by atoms with Crippen molar-refractivity contribution in [3.05, 3.63) is 72.1 Å². The van der Waals surface area contributed by atoms with Crippen LogP contribution in [0.4, 0.5) is 0 Å². The number of hydrogen-bond donors (Lipinski definition) is 1. The van der Waals surface area contributed by atoms with Crippen LogP contribution in [0.15, 0.2) is 60.8 Å². The van der Waals surface area contributed by atoms with E-state index in [2.05, 4.69) is 5.10 Å². The van der Waals surface area contributed by atoms with E-state index in [0.29, 0.717) is 5.69 Å². The molecule has 1 aliphatic carbocycles. The molecule has 0 amide bonds. The number of rotatable bonds is 5. The molecule has 3 aromatic rings. The maximum atomic E-state index is 12.0. The second-order valence-electron chi connectivity index (χ2n) is 6.63. The minimum absolute atomic E-state index is 0.115. The fourth-order valence-corrected chi connectivity index (χ4v) is 3.38. The highest BCUT2D eigenvalue weighted by atomic mass is 16.5. The molecule has 6 nitrogen and oxygen atoms in total. The highest BCUT2D eigenvalue weighted by Crippen LogP contribution is 2.49. The van der Waals surface area contributed by atoms with E-state index in [1.54, 1.807) is 0 Å². The third kappa shape index (κ3) is 2.89. The molecule has 1 aliphatic rings. The zero-order valence-corrected chi connectivity index (χ0v) is 14.8. The number of carboxylic acids is 1. The molecule has 0 spiro atoms. The van der Waals surface area contributed by atoms with Crippen LogP contribution in [0, 0.1) is 0 Å². The summed E-state index contributed by atoms with van der Waals surface area (Å²) in [5, 5.41) is 13.3. The molecule has 2 aromatic carbocycles. The van der Waals surface area contributed by atoms with Crippen LogP contribution in [-0.2, 0) is 14.9 Å². The van der Waals surface area contributed by atoms with Crippen LogP contribution in [0.25, 0.3) is 16.8 Å². The molecule has 1 aromatic heterocycles. The summed E-state index contributed by atoms with van der Waals surface area (Å²) in [7, 11) is 1.42. The van der Waals surface area contributed by atoms with E-state index in [1.807, 2.05) is 48.5 Å². The quantitative estimate of drug-likeness (QED) is 0.703. The van der Waals surface area contributed by atoms with Crippen molar-refractivity contribution in [3.8, 4) is 16.8 Å². The molecule has 1 saturated carbocycles. The van der Waals surface area contributed by atoms with E-state index < -0.39 is 11.4 Å². The van der Waals surface area contributed by atoms with Crippen LogP contribution in [0.1, 0.15) is 28.9 Å². The summed E-state index contributed by atoms with van der Waals surface area (Å²) < 4.78 is 6.32. The molecular formula is C21H18N2O4. The van der Waals surface area contributed by atoms with Gasteiger partial charge in [0.05, 0.1) is 24.4 Å². The lowest BCUT2D eigenvalue weighted by molar-refractivity contribution is -0.143. The lowest BCUT2D eigenvalue weighted by atomic mass is 9.94. The van der Waals surface area contributed by atoms with Gasteiger partial charge in [-0.15, -0.1) is 0 Å². The average molecular weight is 362 g/mol. The van der Waals surface area contributed by atoms with E-state index >= 15 is 0 Å². The lowest BCUT2D eigenvalue weighted by Gasteiger charge is -2.13. The number of carbonyl (C=O) groups is 2. The Morgan fingerprint density at radius 2 is 1.59 bits per heavy atom. The normalized spacial score (nSPS) is 14.6. The van der Waals surface area contributed by atoms with Gasteiger partial charge in [-0.2, -0.15) is 5.10 Å². The zero-order valence-electron chi connectivity index (χ0n) is 14.8. The molecule has 136 valence electrons. The number of esters is 1. The summed E-state index contributed by atoms with van der Waals surface area (Å²) >= 11 is 0. The largest absolute Gasteiger partial charge is 0.477 e. The van der Waals surface area contributed by atoms with Crippen molar-refractivity contribution in [2.24, 2.45) is 0 Å². The van der Waals surface area contributed by atoms with E-state index in [1.165, 1.54) is 24.1 Å². The number of ether oxygens (including phenoxy) is 1. The minimum Gasteiger partial charge on any atom is -0.477 e. The Morgan fingerprint density at radius 3 is 2.11 bits per heavy atom. The number of carboxylic acid groups (broad SMARTS) is 1. The van der Waals surface area contributed by atoms with Gasteiger partial charge in [0.1, 0.15) is 0 Å². The fraction of sp³-hybridized carbons (Fsp3) is 0.190. The van der Waals surface area contributed by atoms with Gasteiger partial charge in [-0.3, -0.25) is 4.79 Å². The summed E-state index contributed by atoms with van der Waals surface area (Å²) in [4.78, 5) is 23.2. The minimum atomic E-state index is -1.02. The number of benzene rings is 2. The maximum absolute atomic E-state index is 12.0. The number of aromatic nitrogens is 2. The topological polar surface area (TPSA) is 81.4 Å². The van der Waals surface area contributed by atoms with Gasteiger partial charge in [0, 0.05) is 0 Å². The number of methoxy groups -OCH3 is 1. The first-order valence-electron chi connectivity index (χ1n) is 8.62. The van der Waals surface area contributed by atoms with Crippen molar-refractivity contribution in [1.29, 1.82) is 0 Å². The monoisotopic (exact) mass is 362 g/mol. The predicted molar refractivity (Wildman–Crippen MR) is 98.9 cm³/mol. The van der Waals surface area contributed by atoms with Crippen molar-refractivity contribution in [2.75, 3.05) is 7.11 Å². The van der Waals surface area contributed by atoms with Gasteiger partial charge in [0.15, 0.2) is 5.69 Å². The molecule has 6 heteroatoms. The van der Waals surface area contributed by atoms with Gasteiger partial charge in [-0.25, -0.2) is 9.48 Å². The third-order valence-electron chi connectivity index (χ3n) is 5.07. The second kappa shape index (κ2) is 6.39. The highest BCUT2D eigenvalue weighted by Gasteiger charge is 2.52. The summed E-state index contributed by atoms with van der Waals surface area (Å²) in [5.74, 6) is -1.19. The number of aromatic carboxylic acids is 1. The van der Waals surface area contributed by atoms with Gasteiger partial charge in [-0.1, -0.05) is 36.4 Å². The van der Waals surface area contributed by atoms with Crippen LogP contribution in [0.3, 0.4) is 0 Å². The first kappa shape index (κ1) is 17.0. The zero-order chi connectivity index (χ0) is 19.0. The van der Waals surface area contributed by atoms with Gasteiger partial charge in [-0.05, 0) is 47.7 Å². The maximum Gasteiger partial charge on any atom is 0.354 e. The van der Waals surface area contributed by atoms with E-state index in [4.69, 9.17) is 4.74 Å². The molecule has 27 heavy (non-hydrogen) atoms. The molecule has 0 aliphatic heterocycles. The number of hydrogen-bond acceptors (Lipinski definition) is 4. The van der Waals surface area contributed by atoms with Crippen molar-refractivity contribution in [2.45, 2.75) is 18.3 Å². The third-order valence-corrected chi connectivity index (χ3v) is 5.07. The summed E-state index contributed by atoms with van der Waals surface area (Å²) in [6.07, 6.45) is 3.11. The predicted octanol–water partition coefficient (Wildman–Crippen LogP) is 3.44. The Hall–Kier alpha value is -3.41. The molecule has 0 unspecified atom stereocenters. The second-order valence-corrected chi connectivity index (χ2v) is 6.63. The van der Waals surface area contributed by atoms with Crippen molar-refractivity contribution < 1.29 is 19.4 Å². The molecule has 0 radical (unpaired) electrons. The first-order valence-corrected chi connectivity index (χ1v) is 8.62. The summed E-state index contributed by atoms with van der Waals surface area (Å²) in [6, 6.07) is 16.9. The standard InChI is InChI=1S/C21H18N2O4/c1-27-20(26)21(11-12-21)16-6-2-14(3-7-16)15-4-8-17(9-5-15)23-18(19(24)25)10-13-22-23/h2-10,13H,11-12H2,1H3,(H,24,25). The smallest absolute Gasteiger partial charge is 0.354 e. The van der Waals surface area contributed by atoms with Gasteiger partial charge >= 0.3 is 11.9 Å². The van der Waals surface area contributed by atoms with Crippen LogP contribution < -0.4 is 0 Å². The van der Waals surface area contributed by atoms with E-state index in [0.717, 1.165) is 29.5 Å². The Kier molecular flexibility index (Phi) is 4.03. The molecule has 1 fully saturated rings. The van der Waals surface area contributed by atoms with Gasteiger partial charge in [0.2, 0.25) is 0 Å². The van der Waals surface area contributed by atoms with Crippen LogP contribution in [0.5, 0.6) is 0 Å².